The number of aromatic nitrogens is 2. The Bertz CT molecular complexity index is 430. The molecular weight excluding hydrogens is 232 g/mol. The van der Waals surface area contributed by atoms with Crippen molar-refractivity contribution in [2.45, 2.75) is 33.3 Å². The highest BCUT2D eigenvalue weighted by molar-refractivity contribution is 5.74. The molecule has 2 unspecified atom stereocenters. The molecule has 0 saturated carbocycles. The third kappa shape index (κ3) is 2.67. The van der Waals surface area contributed by atoms with Crippen LogP contribution in [0.1, 0.15) is 32.2 Å². The molecule has 0 saturated heterocycles. The zero-order chi connectivity index (χ0) is 13.9. The van der Waals surface area contributed by atoms with Gasteiger partial charge in [-0.15, -0.1) is 0 Å². The van der Waals surface area contributed by atoms with Crippen LogP contribution in [0.4, 0.5) is 0 Å². The van der Waals surface area contributed by atoms with E-state index in [1.54, 1.807) is 20.0 Å². The lowest BCUT2D eigenvalue weighted by atomic mass is 9.78. The van der Waals surface area contributed by atoms with Gasteiger partial charge in [-0.25, -0.2) is 0 Å². The molecule has 0 spiro atoms. The van der Waals surface area contributed by atoms with Gasteiger partial charge in [0.25, 0.3) is 0 Å². The van der Waals surface area contributed by atoms with Gasteiger partial charge in [0.2, 0.25) is 0 Å². The van der Waals surface area contributed by atoms with Gasteiger partial charge in [0.15, 0.2) is 0 Å². The van der Waals surface area contributed by atoms with Crippen LogP contribution in [-0.2, 0) is 15.1 Å². The first-order chi connectivity index (χ1) is 8.32. The molecule has 1 aromatic rings. The maximum absolute atomic E-state index is 11.9. The third-order valence-electron chi connectivity index (χ3n) is 3.09. The third-order valence-corrected chi connectivity index (χ3v) is 3.09. The van der Waals surface area contributed by atoms with Crippen molar-refractivity contribution in [3.8, 4) is 0 Å². The first kappa shape index (κ1) is 14.6. The number of methoxy groups -OCH3 is 1. The Labute approximate surface area is 107 Å². The molecule has 100 valence electrons. The molecule has 5 heteroatoms. The zero-order valence-corrected chi connectivity index (χ0v) is 11.5. The fraction of sp³-hybridized carbons (Fsp3) is 0.615. The molecule has 1 N–H and O–H groups in total. The molecule has 0 aliphatic heterocycles. The Morgan fingerprint density at radius 3 is 2.39 bits per heavy atom. The van der Waals surface area contributed by atoms with Crippen LogP contribution < -0.4 is 0 Å². The molecule has 18 heavy (non-hydrogen) atoms. The Kier molecular flexibility index (Phi) is 4.40. The molecule has 0 bridgehead atoms. The number of hydrogen-bond donors (Lipinski definition) is 1. The Morgan fingerprint density at radius 1 is 1.39 bits per heavy atom. The van der Waals surface area contributed by atoms with E-state index in [0.717, 1.165) is 0 Å². The van der Waals surface area contributed by atoms with Crippen molar-refractivity contribution in [3.05, 3.63) is 23.8 Å². The summed E-state index contributed by atoms with van der Waals surface area (Å²) in [6.07, 6.45) is 3.06. The van der Waals surface area contributed by atoms with E-state index in [1.165, 1.54) is 13.3 Å². The number of carbonyl (C=O) groups excluding carboxylic acids is 1. The fourth-order valence-corrected chi connectivity index (χ4v) is 2.33. The molecule has 2 atom stereocenters. The van der Waals surface area contributed by atoms with Crippen LogP contribution in [0, 0.1) is 18.8 Å². The summed E-state index contributed by atoms with van der Waals surface area (Å²) in [6, 6.07) is 0. The smallest absolute Gasteiger partial charge is 0.312 e. The van der Waals surface area contributed by atoms with Crippen molar-refractivity contribution in [3.63, 3.8) is 0 Å². The highest BCUT2D eigenvalue weighted by Crippen LogP contribution is 2.34. The second-order valence-corrected chi connectivity index (χ2v) is 4.88. The maximum Gasteiger partial charge on any atom is 0.312 e. The minimum atomic E-state index is -1.40. The highest BCUT2D eigenvalue weighted by Gasteiger charge is 2.43. The number of esters is 1. The summed E-state index contributed by atoms with van der Waals surface area (Å²) < 4.78 is 4.77. The van der Waals surface area contributed by atoms with Crippen molar-refractivity contribution in [1.82, 2.24) is 9.97 Å². The van der Waals surface area contributed by atoms with Crippen LogP contribution in [-0.4, -0.2) is 28.2 Å². The van der Waals surface area contributed by atoms with E-state index in [4.69, 9.17) is 4.74 Å². The Morgan fingerprint density at radius 2 is 1.94 bits per heavy atom. The standard InChI is InChI=1S/C13H20N2O3/c1-8(2)10(12(16)18-5)13(4,17)11-9(3)14-6-7-15-11/h6-8,10,17H,1-5H3. The Hall–Kier alpha value is -1.49. The predicted molar refractivity (Wildman–Crippen MR) is 66.7 cm³/mol. The first-order valence-corrected chi connectivity index (χ1v) is 5.90. The normalized spacial score (nSPS) is 16.2. The summed E-state index contributed by atoms with van der Waals surface area (Å²) in [5.41, 5.74) is -0.384. The van der Waals surface area contributed by atoms with Gasteiger partial charge in [-0.05, 0) is 19.8 Å². The van der Waals surface area contributed by atoms with Crippen LogP contribution in [0.5, 0.6) is 0 Å². The number of ether oxygens (including phenoxy) is 1. The summed E-state index contributed by atoms with van der Waals surface area (Å²) in [5.74, 6) is -1.20. The van der Waals surface area contributed by atoms with Crippen LogP contribution in [0.3, 0.4) is 0 Å². The van der Waals surface area contributed by atoms with Crippen LogP contribution in [0.25, 0.3) is 0 Å². The van der Waals surface area contributed by atoms with Gasteiger partial charge in [-0.2, -0.15) is 0 Å². The van der Waals surface area contributed by atoms with Gasteiger partial charge < -0.3 is 9.84 Å². The summed E-state index contributed by atoms with van der Waals surface area (Å²) >= 11 is 0. The summed E-state index contributed by atoms with van der Waals surface area (Å²) in [7, 11) is 1.32. The monoisotopic (exact) mass is 252 g/mol. The van der Waals surface area contributed by atoms with Gasteiger partial charge in [0.05, 0.1) is 24.4 Å². The van der Waals surface area contributed by atoms with Gasteiger partial charge in [-0.3, -0.25) is 14.8 Å². The molecule has 0 radical (unpaired) electrons. The van der Waals surface area contributed by atoms with Crippen LogP contribution >= 0.6 is 0 Å². The van der Waals surface area contributed by atoms with Crippen molar-refractivity contribution < 1.29 is 14.6 Å². The molecule has 1 heterocycles. The van der Waals surface area contributed by atoms with Crippen molar-refractivity contribution in [2.24, 2.45) is 11.8 Å². The molecule has 1 rings (SSSR count). The quantitative estimate of drug-likeness (QED) is 0.821. The highest BCUT2D eigenvalue weighted by atomic mass is 16.5. The first-order valence-electron chi connectivity index (χ1n) is 5.90. The lowest BCUT2D eigenvalue weighted by molar-refractivity contribution is -0.159. The summed E-state index contributed by atoms with van der Waals surface area (Å²) in [4.78, 5) is 20.1. The molecule has 1 aromatic heterocycles. The average Bonchev–Trinajstić information content (AvgIpc) is 2.28. The van der Waals surface area contributed by atoms with Gasteiger partial charge in [-0.1, -0.05) is 13.8 Å². The minimum absolute atomic E-state index is 0.0751. The van der Waals surface area contributed by atoms with E-state index in [2.05, 4.69) is 9.97 Å². The number of aliphatic hydroxyl groups is 1. The van der Waals surface area contributed by atoms with E-state index in [0.29, 0.717) is 11.4 Å². The van der Waals surface area contributed by atoms with Crippen LogP contribution in [0.2, 0.25) is 0 Å². The van der Waals surface area contributed by atoms with Gasteiger partial charge in [0, 0.05) is 12.4 Å². The van der Waals surface area contributed by atoms with E-state index in [9.17, 15) is 9.90 Å². The molecule has 0 aliphatic rings. The minimum Gasteiger partial charge on any atom is -0.469 e. The van der Waals surface area contributed by atoms with E-state index in [1.807, 2.05) is 13.8 Å². The SMILES string of the molecule is COC(=O)C(C(C)C)C(C)(O)c1nccnc1C. The number of rotatable bonds is 4. The van der Waals surface area contributed by atoms with E-state index < -0.39 is 17.5 Å². The predicted octanol–water partition coefficient (Wildman–Crippen LogP) is 1.44. The number of hydrogen-bond acceptors (Lipinski definition) is 5. The van der Waals surface area contributed by atoms with Crippen molar-refractivity contribution in [2.75, 3.05) is 7.11 Å². The Balaban J connectivity index is 3.25. The lowest BCUT2D eigenvalue weighted by Crippen LogP contribution is -2.42. The molecule has 0 aromatic carbocycles. The van der Waals surface area contributed by atoms with Crippen molar-refractivity contribution >= 4 is 5.97 Å². The second-order valence-electron chi connectivity index (χ2n) is 4.88. The largest absolute Gasteiger partial charge is 0.469 e. The lowest BCUT2D eigenvalue weighted by Gasteiger charge is -2.33. The fourth-order valence-electron chi connectivity index (χ4n) is 2.33. The number of carbonyl (C=O) groups is 1. The average molecular weight is 252 g/mol. The molecule has 0 aliphatic carbocycles. The molecular formula is C13H20N2O3. The number of nitrogens with zero attached hydrogens (tertiary/aromatic N) is 2. The van der Waals surface area contributed by atoms with E-state index >= 15 is 0 Å². The van der Waals surface area contributed by atoms with Gasteiger partial charge >= 0.3 is 5.97 Å². The molecule has 0 fully saturated rings. The summed E-state index contributed by atoms with van der Waals surface area (Å²) in [6.45, 7) is 7.06. The van der Waals surface area contributed by atoms with E-state index in [-0.39, 0.29) is 5.92 Å². The van der Waals surface area contributed by atoms with Gasteiger partial charge in [0.1, 0.15) is 5.60 Å². The second kappa shape index (κ2) is 5.44. The van der Waals surface area contributed by atoms with Crippen molar-refractivity contribution in [1.29, 1.82) is 0 Å². The topological polar surface area (TPSA) is 72.3 Å². The number of aryl methyl sites for hydroxylation is 1. The maximum atomic E-state index is 11.9. The molecule has 5 nitrogen and oxygen atoms in total. The van der Waals surface area contributed by atoms with Crippen LogP contribution in [0.15, 0.2) is 12.4 Å². The summed E-state index contributed by atoms with van der Waals surface area (Å²) in [5, 5.41) is 10.7. The molecule has 0 amide bonds. The zero-order valence-electron chi connectivity index (χ0n) is 11.5.